The molecule has 3 aromatic rings. The highest BCUT2D eigenvalue weighted by molar-refractivity contribution is 5.65. The lowest BCUT2D eigenvalue weighted by Gasteiger charge is -2.42. The molecule has 6 rings (SSSR count). The van der Waals surface area contributed by atoms with E-state index in [2.05, 4.69) is 39.2 Å². The Bertz CT molecular complexity index is 1140. The SMILES string of the molecule is Cn1cc(-c2ccc(CN3CC4(CCN(C5CCCC5)CC4)c4ccccc43)c(F)c2)cn1. The van der Waals surface area contributed by atoms with Crippen LogP contribution >= 0.6 is 0 Å². The van der Waals surface area contributed by atoms with E-state index in [-0.39, 0.29) is 11.2 Å². The van der Waals surface area contributed by atoms with Gasteiger partial charge in [-0.05, 0) is 62.0 Å². The first-order valence-corrected chi connectivity index (χ1v) is 12.5. The van der Waals surface area contributed by atoms with E-state index >= 15 is 4.39 Å². The molecule has 1 spiro atoms. The van der Waals surface area contributed by atoms with E-state index in [4.69, 9.17) is 0 Å². The van der Waals surface area contributed by atoms with E-state index in [0.717, 1.165) is 29.3 Å². The molecule has 5 heteroatoms. The van der Waals surface area contributed by atoms with Crippen LogP contribution in [0.3, 0.4) is 0 Å². The normalized spacial score (nSPS) is 20.6. The molecule has 0 radical (unpaired) electrons. The number of rotatable bonds is 4. The summed E-state index contributed by atoms with van der Waals surface area (Å²) in [4.78, 5) is 5.17. The number of anilines is 1. The van der Waals surface area contributed by atoms with Crippen molar-refractivity contribution in [1.29, 1.82) is 0 Å². The number of likely N-dealkylation sites (tertiary alicyclic amines) is 1. The van der Waals surface area contributed by atoms with Crippen LogP contribution in [0, 0.1) is 5.82 Å². The van der Waals surface area contributed by atoms with Crippen molar-refractivity contribution in [3.8, 4) is 11.1 Å². The Hall–Kier alpha value is -2.66. The van der Waals surface area contributed by atoms with Crippen molar-refractivity contribution in [2.24, 2.45) is 7.05 Å². The quantitative estimate of drug-likeness (QED) is 0.529. The van der Waals surface area contributed by atoms with Crippen LogP contribution in [0.1, 0.15) is 49.7 Å². The average Bonchev–Trinajstić information content (AvgIpc) is 3.57. The van der Waals surface area contributed by atoms with Crippen LogP contribution in [0.5, 0.6) is 0 Å². The fraction of sp³-hybridized carbons (Fsp3) is 0.464. The van der Waals surface area contributed by atoms with Gasteiger partial charge in [0.15, 0.2) is 0 Å². The van der Waals surface area contributed by atoms with E-state index < -0.39 is 0 Å². The van der Waals surface area contributed by atoms with Crippen LogP contribution < -0.4 is 4.90 Å². The Labute approximate surface area is 196 Å². The van der Waals surface area contributed by atoms with Crippen LogP contribution in [0.25, 0.3) is 11.1 Å². The number of para-hydroxylation sites is 1. The number of nitrogens with zero attached hydrogens (tertiary/aromatic N) is 4. The second-order valence-corrected chi connectivity index (χ2v) is 10.3. The first-order valence-electron chi connectivity index (χ1n) is 12.5. The van der Waals surface area contributed by atoms with Crippen molar-refractivity contribution in [3.63, 3.8) is 0 Å². The molecule has 0 N–H and O–H groups in total. The molecular formula is C28H33FN4. The third-order valence-corrected chi connectivity index (χ3v) is 8.36. The van der Waals surface area contributed by atoms with Crippen molar-refractivity contribution in [2.75, 3.05) is 24.5 Å². The van der Waals surface area contributed by atoms with Crippen molar-refractivity contribution in [2.45, 2.75) is 56.5 Å². The van der Waals surface area contributed by atoms with Gasteiger partial charge in [-0.1, -0.05) is 43.2 Å². The van der Waals surface area contributed by atoms with E-state index in [0.29, 0.717) is 6.54 Å². The Kier molecular flexibility index (Phi) is 5.25. The summed E-state index contributed by atoms with van der Waals surface area (Å²) in [6.45, 7) is 4.00. The summed E-state index contributed by atoms with van der Waals surface area (Å²) in [5.41, 5.74) is 5.56. The van der Waals surface area contributed by atoms with Crippen LogP contribution in [0.2, 0.25) is 0 Å². The van der Waals surface area contributed by atoms with Gasteiger partial charge >= 0.3 is 0 Å². The van der Waals surface area contributed by atoms with Gasteiger partial charge in [0.25, 0.3) is 0 Å². The van der Waals surface area contributed by atoms with E-state index in [1.807, 2.05) is 25.4 Å². The number of aromatic nitrogens is 2. The fourth-order valence-electron chi connectivity index (χ4n) is 6.52. The van der Waals surface area contributed by atoms with Gasteiger partial charge in [-0.25, -0.2) is 4.39 Å². The smallest absolute Gasteiger partial charge is 0.128 e. The third-order valence-electron chi connectivity index (χ3n) is 8.36. The third kappa shape index (κ3) is 3.76. The summed E-state index contributed by atoms with van der Waals surface area (Å²) in [7, 11) is 1.88. The van der Waals surface area contributed by atoms with Gasteiger partial charge in [-0.15, -0.1) is 0 Å². The monoisotopic (exact) mass is 444 g/mol. The predicted molar refractivity (Wildman–Crippen MR) is 131 cm³/mol. The molecule has 1 aromatic heterocycles. The molecule has 172 valence electrons. The highest BCUT2D eigenvalue weighted by Gasteiger charge is 2.45. The van der Waals surface area contributed by atoms with Gasteiger partial charge in [0.2, 0.25) is 0 Å². The lowest BCUT2D eigenvalue weighted by atomic mass is 9.74. The number of fused-ring (bicyclic) bond motifs is 2. The minimum absolute atomic E-state index is 0.133. The molecular weight excluding hydrogens is 411 g/mol. The minimum atomic E-state index is -0.133. The number of hydrogen-bond acceptors (Lipinski definition) is 3. The first-order chi connectivity index (χ1) is 16.1. The summed E-state index contributed by atoms with van der Waals surface area (Å²) in [6.07, 6.45) is 11.7. The molecule has 3 aliphatic rings. The van der Waals surface area contributed by atoms with Crippen LogP contribution in [-0.4, -0.2) is 40.4 Å². The Morgan fingerprint density at radius 3 is 2.55 bits per heavy atom. The molecule has 2 aromatic carbocycles. The van der Waals surface area contributed by atoms with Crippen LogP contribution in [0.4, 0.5) is 10.1 Å². The second-order valence-electron chi connectivity index (χ2n) is 10.3. The maximum Gasteiger partial charge on any atom is 0.128 e. The lowest BCUT2D eigenvalue weighted by molar-refractivity contribution is 0.121. The first kappa shape index (κ1) is 20.9. The zero-order valence-corrected chi connectivity index (χ0v) is 19.5. The molecule has 1 saturated carbocycles. The largest absolute Gasteiger partial charge is 0.366 e. The van der Waals surface area contributed by atoms with Gasteiger partial charge in [0, 0.05) is 54.6 Å². The van der Waals surface area contributed by atoms with Crippen molar-refractivity contribution in [3.05, 3.63) is 71.8 Å². The molecule has 0 bridgehead atoms. The molecule has 33 heavy (non-hydrogen) atoms. The molecule has 2 fully saturated rings. The zero-order valence-electron chi connectivity index (χ0n) is 19.5. The summed E-state index contributed by atoms with van der Waals surface area (Å²) in [5, 5.41) is 4.21. The van der Waals surface area contributed by atoms with Crippen molar-refractivity contribution >= 4 is 5.69 Å². The topological polar surface area (TPSA) is 24.3 Å². The molecule has 3 heterocycles. The van der Waals surface area contributed by atoms with Gasteiger partial charge < -0.3 is 9.80 Å². The Balaban J connectivity index is 1.22. The fourth-order valence-corrected chi connectivity index (χ4v) is 6.52. The number of benzene rings is 2. The molecule has 2 aliphatic heterocycles. The van der Waals surface area contributed by atoms with Crippen LogP contribution in [0.15, 0.2) is 54.9 Å². The average molecular weight is 445 g/mol. The van der Waals surface area contributed by atoms with Crippen LogP contribution in [-0.2, 0) is 19.0 Å². The molecule has 4 nitrogen and oxygen atoms in total. The molecule has 0 amide bonds. The van der Waals surface area contributed by atoms with Crippen molar-refractivity contribution < 1.29 is 4.39 Å². The zero-order chi connectivity index (χ0) is 22.4. The number of aryl methyl sites for hydroxylation is 1. The van der Waals surface area contributed by atoms with Gasteiger partial charge in [-0.2, -0.15) is 5.10 Å². The second kappa shape index (κ2) is 8.28. The highest BCUT2D eigenvalue weighted by atomic mass is 19.1. The van der Waals surface area contributed by atoms with E-state index in [9.17, 15) is 0 Å². The standard InChI is InChI=1S/C28H33FN4/c1-31-18-23(17-30-31)21-10-11-22(26(29)16-21)19-33-20-28(25-8-4-5-9-27(25)33)12-14-32(15-13-28)24-6-2-3-7-24/h4-5,8-11,16-18,24H,2-3,6-7,12-15,19-20H2,1H3. The summed E-state index contributed by atoms with van der Waals surface area (Å²) < 4.78 is 16.9. The van der Waals surface area contributed by atoms with Crippen molar-refractivity contribution in [1.82, 2.24) is 14.7 Å². The summed E-state index contributed by atoms with van der Waals surface area (Å²) >= 11 is 0. The molecule has 0 unspecified atom stereocenters. The number of hydrogen-bond donors (Lipinski definition) is 0. The predicted octanol–water partition coefficient (Wildman–Crippen LogP) is 5.52. The highest BCUT2D eigenvalue weighted by Crippen LogP contribution is 2.48. The van der Waals surface area contributed by atoms with E-state index in [1.54, 1.807) is 16.9 Å². The summed E-state index contributed by atoms with van der Waals surface area (Å²) in [6, 6.07) is 15.3. The number of piperidine rings is 1. The number of halogens is 1. The molecule has 1 saturated heterocycles. The minimum Gasteiger partial charge on any atom is -0.366 e. The maximum atomic E-state index is 15.2. The Morgan fingerprint density at radius 1 is 1.03 bits per heavy atom. The van der Waals surface area contributed by atoms with E-state index in [1.165, 1.54) is 62.9 Å². The molecule has 0 atom stereocenters. The lowest BCUT2D eigenvalue weighted by Crippen LogP contribution is -2.48. The van der Waals surface area contributed by atoms with Gasteiger partial charge in [0.1, 0.15) is 5.82 Å². The summed E-state index contributed by atoms with van der Waals surface area (Å²) in [5.74, 6) is -0.133. The van der Waals surface area contributed by atoms with Gasteiger partial charge in [-0.3, -0.25) is 4.68 Å². The molecule has 1 aliphatic carbocycles. The Morgan fingerprint density at radius 2 is 1.82 bits per heavy atom. The maximum absolute atomic E-state index is 15.2. The van der Waals surface area contributed by atoms with Gasteiger partial charge in [0.05, 0.1) is 6.20 Å².